The lowest BCUT2D eigenvalue weighted by Gasteiger charge is -2.17. The Kier molecular flexibility index (Phi) is 4.06. The predicted octanol–water partition coefficient (Wildman–Crippen LogP) is 1.97. The largest absolute Gasteiger partial charge is 0.497 e. The number of imidazole rings is 1. The van der Waals surface area contributed by atoms with Gasteiger partial charge in [-0.25, -0.2) is 4.98 Å². The second-order valence-corrected chi connectivity index (χ2v) is 4.16. The standard InChI is InChI=1S/C14H19N3O2/c1-4-17-8-7-16-14(17)13(15)11-9-10(18-2)5-6-12(11)19-3/h5-9,13H,4,15H2,1-3H3. The third-order valence-corrected chi connectivity index (χ3v) is 3.14. The number of aromatic nitrogens is 2. The fourth-order valence-electron chi connectivity index (χ4n) is 2.09. The Bertz CT molecular complexity index is 551. The fourth-order valence-corrected chi connectivity index (χ4v) is 2.09. The van der Waals surface area contributed by atoms with Crippen molar-refractivity contribution in [2.75, 3.05) is 14.2 Å². The van der Waals surface area contributed by atoms with Crippen LogP contribution in [0.15, 0.2) is 30.6 Å². The predicted molar refractivity (Wildman–Crippen MR) is 73.5 cm³/mol. The minimum atomic E-state index is -0.347. The van der Waals surface area contributed by atoms with Crippen LogP contribution in [0, 0.1) is 0 Å². The zero-order valence-corrected chi connectivity index (χ0v) is 11.5. The Morgan fingerprint density at radius 1 is 1.32 bits per heavy atom. The number of methoxy groups -OCH3 is 2. The average molecular weight is 261 g/mol. The lowest BCUT2D eigenvalue weighted by Crippen LogP contribution is -2.18. The molecule has 0 aliphatic heterocycles. The van der Waals surface area contributed by atoms with E-state index in [0.29, 0.717) is 0 Å². The van der Waals surface area contributed by atoms with Crippen LogP contribution in [0.25, 0.3) is 0 Å². The molecule has 2 rings (SSSR count). The highest BCUT2D eigenvalue weighted by Crippen LogP contribution is 2.31. The van der Waals surface area contributed by atoms with Crippen LogP contribution in [0.3, 0.4) is 0 Å². The molecule has 0 amide bonds. The van der Waals surface area contributed by atoms with E-state index >= 15 is 0 Å². The number of hydrogen-bond acceptors (Lipinski definition) is 4. The molecular weight excluding hydrogens is 242 g/mol. The van der Waals surface area contributed by atoms with Crippen LogP contribution in [-0.2, 0) is 6.54 Å². The summed E-state index contributed by atoms with van der Waals surface area (Å²) in [6.07, 6.45) is 3.67. The molecule has 2 N–H and O–H groups in total. The molecule has 5 heteroatoms. The molecule has 0 bridgehead atoms. The van der Waals surface area contributed by atoms with E-state index in [-0.39, 0.29) is 6.04 Å². The van der Waals surface area contributed by atoms with Gasteiger partial charge in [0.25, 0.3) is 0 Å². The summed E-state index contributed by atoms with van der Waals surface area (Å²) in [5.74, 6) is 2.30. The highest BCUT2D eigenvalue weighted by Gasteiger charge is 2.19. The van der Waals surface area contributed by atoms with E-state index in [4.69, 9.17) is 15.2 Å². The summed E-state index contributed by atoms with van der Waals surface area (Å²) in [4.78, 5) is 4.34. The van der Waals surface area contributed by atoms with Crippen molar-refractivity contribution in [2.45, 2.75) is 19.5 Å². The summed E-state index contributed by atoms with van der Waals surface area (Å²) >= 11 is 0. The quantitative estimate of drug-likeness (QED) is 0.893. The smallest absolute Gasteiger partial charge is 0.130 e. The van der Waals surface area contributed by atoms with Gasteiger partial charge < -0.3 is 19.8 Å². The van der Waals surface area contributed by atoms with E-state index in [1.54, 1.807) is 20.4 Å². The molecule has 1 unspecified atom stereocenters. The Labute approximate surface area is 113 Å². The highest BCUT2D eigenvalue weighted by molar-refractivity contribution is 5.44. The van der Waals surface area contributed by atoms with Gasteiger partial charge >= 0.3 is 0 Å². The highest BCUT2D eigenvalue weighted by atomic mass is 16.5. The van der Waals surface area contributed by atoms with Gasteiger partial charge in [0, 0.05) is 24.5 Å². The number of ether oxygens (including phenoxy) is 2. The molecule has 102 valence electrons. The van der Waals surface area contributed by atoms with Crippen LogP contribution in [0.5, 0.6) is 11.5 Å². The maximum atomic E-state index is 6.32. The second-order valence-electron chi connectivity index (χ2n) is 4.16. The summed E-state index contributed by atoms with van der Waals surface area (Å²) in [5.41, 5.74) is 7.18. The summed E-state index contributed by atoms with van der Waals surface area (Å²) < 4.78 is 12.6. The molecule has 0 saturated heterocycles. The number of hydrogen-bond donors (Lipinski definition) is 1. The van der Waals surface area contributed by atoms with Crippen LogP contribution in [0.4, 0.5) is 0 Å². The third-order valence-electron chi connectivity index (χ3n) is 3.14. The van der Waals surface area contributed by atoms with Crippen molar-refractivity contribution in [3.8, 4) is 11.5 Å². The van der Waals surface area contributed by atoms with E-state index in [0.717, 1.165) is 29.4 Å². The number of aryl methyl sites for hydroxylation is 1. The van der Waals surface area contributed by atoms with Crippen LogP contribution >= 0.6 is 0 Å². The summed E-state index contributed by atoms with van der Waals surface area (Å²) in [7, 11) is 3.26. The average Bonchev–Trinajstić information content (AvgIpc) is 2.94. The minimum absolute atomic E-state index is 0.347. The van der Waals surface area contributed by atoms with Gasteiger partial charge in [-0.3, -0.25) is 0 Å². The SMILES string of the molecule is CCn1ccnc1C(N)c1cc(OC)ccc1OC. The molecule has 1 aromatic carbocycles. The molecule has 0 aliphatic carbocycles. The number of nitrogens with two attached hydrogens (primary N) is 1. The van der Waals surface area contributed by atoms with Gasteiger partial charge in [-0.05, 0) is 25.1 Å². The zero-order chi connectivity index (χ0) is 13.8. The molecule has 1 heterocycles. The lowest BCUT2D eigenvalue weighted by atomic mass is 10.1. The second kappa shape index (κ2) is 5.75. The van der Waals surface area contributed by atoms with E-state index in [1.165, 1.54) is 0 Å². The summed E-state index contributed by atoms with van der Waals surface area (Å²) in [6, 6.07) is 5.24. The Morgan fingerprint density at radius 3 is 2.74 bits per heavy atom. The van der Waals surface area contributed by atoms with E-state index in [2.05, 4.69) is 11.9 Å². The number of nitrogens with zero attached hydrogens (tertiary/aromatic N) is 2. The van der Waals surface area contributed by atoms with Crippen molar-refractivity contribution < 1.29 is 9.47 Å². The van der Waals surface area contributed by atoms with Gasteiger partial charge in [-0.1, -0.05) is 0 Å². The van der Waals surface area contributed by atoms with Crippen LogP contribution in [0.2, 0.25) is 0 Å². The number of rotatable bonds is 5. The Hall–Kier alpha value is -2.01. The molecular formula is C14H19N3O2. The first kappa shape index (κ1) is 13.4. The summed E-state index contributed by atoms with van der Waals surface area (Å²) in [5, 5.41) is 0. The molecule has 19 heavy (non-hydrogen) atoms. The Morgan fingerprint density at radius 2 is 2.11 bits per heavy atom. The molecule has 1 atom stereocenters. The van der Waals surface area contributed by atoms with E-state index in [1.807, 2.05) is 29.0 Å². The van der Waals surface area contributed by atoms with Gasteiger partial charge in [0.2, 0.25) is 0 Å². The van der Waals surface area contributed by atoms with Crippen LogP contribution < -0.4 is 15.2 Å². The van der Waals surface area contributed by atoms with Gasteiger partial charge in [-0.15, -0.1) is 0 Å². The lowest BCUT2D eigenvalue weighted by molar-refractivity contribution is 0.396. The summed E-state index contributed by atoms with van der Waals surface area (Å²) in [6.45, 7) is 2.88. The molecule has 0 spiro atoms. The first-order valence-electron chi connectivity index (χ1n) is 6.19. The van der Waals surface area contributed by atoms with E-state index in [9.17, 15) is 0 Å². The fraction of sp³-hybridized carbons (Fsp3) is 0.357. The minimum Gasteiger partial charge on any atom is -0.497 e. The number of benzene rings is 1. The van der Waals surface area contributed by atoms with Gasteiger partial charge in [0.15, 0.2) is 0 Å². The van der Waals surface area contributed by atoms with Crippen molar-refractivity contribution in [3.05, 3.63) is 42.0 Å². The van der Waals surface area contributed by atoms with E-state index < -0.39 is 0 Å². The van der Waals surface area contributed by atoms with Gasteiger partial charge in [0.1, 0.15) is 17.3 Å². The van der Waals surface area contributed by atoms with Crippen molar-refractivity contribution in [2.24, 2.45) is 5.73 Å². The normalized spacial score (nSPS) is 12.2. The van der Waals surface area contributed by atoms with Crippen molar-refractivity contribution in [1.29, 1.82) is 0 Å². The Balaban J connectivity index is 2.45. The molecule has 0 saturated carbocycles. The van der Waals surface area contributed by atoms with Crippen LogP contribution in [-0.4, -0.2) is 23.8 Å². The molecule has 0 aliphatic rings. The zero-order valence-electron chi connectivity index (χ0n) is 11.5. The van der Waals surface area contributed by atoms with Crippen molar-refractivity contribution in [1.82, 2.24) is 9.55 Å². The molecule has 0 radical (unpaired) electrons. The molecule has 2 aromatic rings. The topological polar surface area (TPSA) is 62.3 Å². The van der Waals surface area contributed by atoms with Crippen molar-refractivity contribution >= 4 is 0 Å². The maximum Gasteiger partial charge on any atom is 0.130 e. The van der Waals surface area contributed by atoms with Crippen LogP contribution in [0.1, 0.15) is 24.4 Å². The van der Waals surface area contributed by atoms with Gasteiger partial charge in [-0.2, -0.15) is 0 Å². The molecule has 0 fully saturated rings. The third kappa shape index (κ3) is 2.56. The maximum absolute atomic E-state index is 6.32. The van der Waals surface area contributed by atoms with Crippen molar-refractivity contribution in [3.63, 3.8) is 0 Å². The monoisotopic (exact) mass is 261 g/mol. The molecule has 1 aromatic heterocycles. The van der Waals surface area contributed by atoms with Gasteiger partial charge in [0.05, 0.1) is 20.3 Å². The first-order chi connectivity index (χ1) is 9.21. The first-order valence-corrected chi connectivity index (χ1v) is 6.19. The molecule has 5 nitrogen and oxygen atoms in total.